The van der Waals surface area contributed by atoms with Crippen LogP contribution in [0.4, 0.5) is 11.5 Å². The summed E-state index contributed by atoms with van der Waals surface area (Å²) in [5.41, 5.74) is 1.78. The number of para-hydroxylation sites is 1. The fraction of sp³-hybridized carbons (Fsp3) is 0.176. The van der Waals surface area contributed by atoms with Crippen LogP contribution in [0.3, 0.4) is 0 Å². The Balaban J connectivity index is 2.16. The molecular weight excluding hydrogens is 278 g/mol. The Hall–Kier alpha value is -2.82. The quantitative estimate of drug-likeness (QED) is 0.795. The number of nitrogens with one attached hydrogen (secondary N) is 1. The Labute approximate surface area is 128 Å². The summed E-state index contributed by atoms with van der Waals surface area (Å²) >= 11 is 0. The second kappa shape index (κ2) is 5.89. The van der Waals surface area contributed by atoms with Crippen LogP contribution >= 0.6 is 0 Å². The van der Waals surface area contributed by atoms with E-state index >= 15 is 0 Å². The molecule has 0 saturated carbocycles. The molecule has 2 aromatic carbocycles. The van der Waals surface area contributed by atoms with Crippen molar-refractivity contribution < 1.29 is 9.47 Å². The Bertz CT molecular complexity index is 804. The molecule has 1 heterocycles. The molecule has 0 spiro atoms. The molecule has 0 aliphatic rings. The van der Waals surface area contributed by atoms with Crippen molar-refractivity contribution in [1.82, 2.24) is 9.97 Å². The fourth-order valence-electron chi connectivity index (χ4n) is 2.33. The minimum absolute atomic E-state index is 0.651. The smallest absolute Gasteiger partial charge is 0.162 e. The number of hydrogen-bond donors (Lipinski definition) is 1. The van der Waals surface area contributed by atoms with Gasteiger partial charge in [0, 0.05) is 17.1 Å². The number of aryl methyl sites for hydroxylation is 1. The van der Waals surface area contributed by atoms with Gasteiger partial charge in [-0.15, -0.1) is 0 Å². The lowest BCUT2D eigenvalue weighted by molar-refractivity contribution is 0.356. The Morgan fingerprint density at radius 1 is 0.909 bits per heavy atom. The van der Waals surface area contributed by atoms with Gasteiger partial charge in [-0.05, 0) is 25.1 Å². The first-order chi connectivity index (χ1) is 10.7. The second-order valence-electron chi connectivity index (χ2n) is 4.83. The summed E-state index contributed by atoms with van der Waals surface area (Å²) in [5.74, 6) is 2.74. The number of nitrogens with zero attached hydrogens (tertiary/aromatic N) is 2. The predicted molar refractivity (Wildman–Crippen MR) is 87.1 cm³/mol. The SMILES string of the molecule is COc1cc2nc(C)nc(Nc3ccccc3)c2cc1OC. The van der Waals surface area contributed by atoms with Crippen LogP contribution in [-0.2, 0) is 0 Å². The van der Waals surface area contributed by atoms with Gasteiger partial charge in [-0.2, -0.15) is 0 Å². The third kappa shape index (κ3) is 2.65. The van der Waals surface area contributed by atoms with Crippen LogP contribution in [0.15, 0.2) is 42.5 Å². The van der Waals surface area contributed by atoms with Gasteiger partial charge in [0.1, 0.15) is 11.6 Å². The van der Waals surface area contributed by atoms with Crippen LogP contribution in [0.5, 0.6) is 11.5 Å². The summed E-state index contributed by atoms with van der Waals surface area (Å²) in [6, 6.07) is 13.7. The number of aromatic nitrogens is 2. The molecule has 5 nitrogen and oxygen atoms in total. The van der Waals surface area contributed by atoms with Crippen LogP contribution in [0.2, 0.25) is 0 Å². The maximum absolute atomic E-state index is 5.37. The first kappa shape index (κ1) is 14.1. The van der Waals surface area contributed by atoms with Crippen LogP contribution < -0.4 is 14.8 Å². The normalized spacial score (nSPS) is 10.5. The summed E-state index contributed by atoms with van der Waals surface area (Å²) < 4.78 is 10.7. The van der Waals surface area contributed by atoms with Crippen LogP contribution in [-0.4, -0.2) is 24.2 Å². The largest absolute Gasteiger partial charge is 0.493 e. The Kier molecular flexibility index (Phi) is 3.78. The third-order valence-corrected chi connectivity index (χ3v) is 3.35. The minimum Gasteiger partial charge on any atom is -0.493 e. The van der Waals surface area contributed by atoms with Crippen molar-refractivity contribution in [2.24, 2.45) is 0 Å². The number of rotatable bonds is 4. The number of methoxy groups -OCH3 is 2. The maximum Gasteiger partial charge on any atom is 0.162 e. The van der Waals surface area contributed by atoms with Gasteiger partial charge in [0.25, 0.3) is 0 Å². The van der Waals surface area contributed by atoms with Gasteiger partial charge < -0.3 is 14.8 Å². The minimum atomic E-state index is 0.651. The van der Waals surface area contributed by atoms with Crippen LogP contribution in [0, 0.1) is 6.92 Å². The molecule has 0 aliphatic carbocycles. The molecule has 0 bridgehead atoms. The van der Waals surface area contributed by atoms with Crippen molar-refractivity contribution in [1.29, 1.82) is 0 Å². The molecule has 0 fully saturated rings. The van der Waals surface area contributed by atoms with E-state index in [1.165, 1.54) is 0 Å². The first-order valence-electron chi connectivity index (χ1n) is 6.93. The van der Waals surface area contributed by atoms with E-state index in [1.54, 1.807) is 14.2 Å². The van der Waals surface area contributed by atoms with E-state index < -0.39 is 0 Å². The fourth-order valence-corrected chi connectivity index (χ4v) is 2.33. The summed E-state index contributed by atoms with van der Waals surface area (Å²) in [7, 11) is 3.23. The molecule has 5 heteroatoms. The Morgan fingerprint density at radius 2 is 1.59 bits per heavy atom. The van der Waals surface area contributed by atoms with Gasteiger partial charge in [0.2, 0.25) is 0 Å². The standard InChI is InChI=1S/C17H17N3O2/c1-11-18-14-10-16(22-3)15(21-2)9-13(14)17(19-11)20-12-7-5-4-6-8-12/h4-10H,1-3H3,(H,18,19,20). The van der Waals surface area contributed by atoms with Gasteiger partial charge in [-0.1, -0.05) is 18.2 Å². The van der Waals surface area contributed by atoms with Crippen molar-refractivity contribution in [3.8, 4) is 11.5 Å². The molecule has 0 unspecified atom stereocenters. The van der Waals surface area contributed by atoms with E-state index in [2.05, 4.69) is 15.3 Å². The van der Waals surface area contributed by atoms with Gasteiger partial charge in [-0.3, -0.25) is 0 Å². The molecule has 0 atom stereocenters. The van der Waals surface area contributed by atoms with Crippen molar-refractivity contribution >= 4 is 22.4 Å². The van der Waals surface area contributed by atoms with E-state index in [0.29, 0.717) is 17.3 Å². The van der Waals surface area contributed by atoms with E-state index in [0.717, 1.165) is 22.4 Å². The molecule has 0 saturated heterocycles. The second-order valence-corrected chi connectivity index (χ2v) is 4.83. The van der Waals surface area contributed by atoms with Crippen molar-refractivity contribution in [3.63, 3.8) is 0 Å². The predicted octanol–water partition coefficient (Wildman–Crippen LogP) is 3.70. The van der Waals surface area contributed by atoms with Crippen molar-refractivity contribution in [3.05, 3.63) is 48.3 Å². The number of ether oxygens (including phenoxy) is 2. The van der Waals surface area contributed by atoms with Crippen molar-refractivity contribution in [2.45, 2.75) is 6.92 Å². The highest BCUT2D eigenvalue weighted by Gasteiger charge is 2.12. The number of fused-ring (bicyclic) bond motifs is 1. The van der Waals surface area contributed by atoms with Gasteiger partial charge in [0.05, 0.1) is 19.7 Å². The van der Waals surface area contributed by atoms with Gasteiger partial charge in [0.15, 0.2) is 11.5 Å². The molecule has 0 amide bonds. The molecule has 0 radical (unpaired) electrons. The molecule has 112 valence electrons. The van der Waals surface area contributed by atoms with Crippen LogP contribution in [0.25, 0.3) is 10.9 Å². The summed E-state index contributed by atoms with van der Waals surface area (Å²) in [6.07, 6.45) is 0. The van der Waals surface area contributed by atoms with E-state index in [-0.39, 0.29) is 0 Å². The molecule has 3 aromatic rings. The summed E-state index contributed by atoms with van der Waals surface area (Å²) in [6.45, 7) is 1.87. The number of anilines is 2. The monoisotopic (exact) mass is 295 g/mol. The van der Waals surface area contributed by atoms with Crippen LogP contribution in [0.1, 0.15) is 5.82 Å². The number of hydrogen-bond acceptors (Lipinski definition) is 5. The Morgan fingerprint density at radius 3 is 2.27 bits per heavy atom. The zero-order chi connectivity index (χ0) is 15.5. The van der Waals surface area contributed by atoms with Crippen molar-refractivity contribution in [2.75, 3.05) is 19.5 Å². The lowest BCUT2D eigenvalue weighted by atomic mass is 10.2. The molecule has 22 heavy (non-hydrogen) atoms. The van der Waals surface area contributed by atoms with Gasteiger partial charge in [-0.25, -0.2) is 9.97 Å². The van der Waals surface area contributed by atoms with E-state index in [9.17, 15) is 0 Å². The van der Waals surface area contributed by atoms with E-state index in [1.807, 2.05) is 49.4 Å². The average Bonchev–Trinajstić information content (AvgIpc) is 2.54. The highest BCUT2D eigenvalue weighted by Crippen LogP contribution is 2.34. The first-order valence-corrected chi connectivity index (χ1v) is 6.93. The zero-order valence-corrected chi connectivity index (χ0v) is 12.8. The molecule has 1 aromatic heterocycles. The lowest BCUT2D eigenvalue weighted by Crippen LogP contribution is -2.00. The molecular formula is C17H17N3O2. The number of benzene rings is 2. The maximum atomic E-state index is 5.37. The molecule has 1 N–H and O–H groups in total. The zero-order valence-electron chi connectivity index (χ0n) is 12.8. The summed E-state index contributed by atoms with van der Waals surface area (Å²) in [4.78, 5) is 8.98. The van der Waals surface area contributed by atoms with Gasteiger partial charge >= 0.3 is 0 Å². The highest BCUT2D eigenvalue weighted by atomic mass is 16.5. The topological polar surface area (TPSA) is 56.3 Å². The average molecular weight is 295 g/mol. The highest BCUT2D eigenvalue weighted by molar-refractivity contribution is 5.93. The molecule has 3 rings (SSSR count). The van der Waals surface area contributed by atoms with E-state index in [4.69, 9.17) is 9.47 Å². The summed E-state index contributed by atoms with van der Waals surface area (Å²) in [5, 5.41) is 4.21. The molecule has 0 aliphatic heterocycles. The third-order valence-electron chi connectivity index (χ3n) is 3.35. The lowest BCUT2D eigenvalue weighted by Gasteiger charge is -2.13.